The lowest BCUT2D eigenvalue weighted by Crippen LogP contribution is -2.35. The van der Waals surface area contributed by atoms with Crippen molar-refractivity contribution in [3.05, 3.63) is 64.5 Å². The zero-order valence-corrected chi connectivity index (χ0v) is 18.8. The zero-order chi connectivity index (χ0) is 22.9. The Labute approximate surface area is 187 Å². The number of carbonyl (C=O) groups excluding carboxylic acids is 1. The van der Waals surface area contributed by atoms with Crippen LogP contribution in [-0.4, -0.2) is 37.7 Å². The number of benzene rings is 2. The third kappa shape index (κ3) is 6.03. The minimum absolute atomic E-state index is 0.114. The highest BCUT2D eigenvalue weighted by atomic mass is 16.5. The molecule has 7 nitrogen and oxygen atoms in total. The number of hydrogen-bond acceptors (Lipinski definition) is 6. The van der Waals surface area contributed by atoms with E-state index < -0.39 is 5.63 Å². The lowest BCUT2D eigenvalue weighted by Gasteiger charge is -2.23. The Balaban J connectivity index is 1.67. The Morgan fingerprint density at radius 1 is 0.969 bits per heavy atom. The average molecular weight is 440 g/mol. The van der Waals surface area contributed by atoms with Crippen molar-refractivity contribution < 1.29 is 23.4 Å². The van der Waals surface area contributed by atoms with Gasteiger partial charge in [-0.05, 0) is 48.7 Å². The number of rotatable bonds is 11. The van der Waals surface area contributed by atoms with E-state index in [-0.39, 0.29) is 12.5 Å². The van der Waals surface area contributed by atoms with Crippen LogP contribution < -0.4 is 19.8 Å². The van der Waals surface area contributed by atoms with Crippen LogP contribution >= 0.6 is 0 Å². The van der Waals surface area contributed by atoms with Crippen LogP contribution in [0.2, 0.25) is 0 Å². The summed E-state index contributed by atoms with van der Waals surface area (Å²) in [7, 11) is 1.60. The van der Waals surface area contributed by atoms with E-state index in [2.05, 4.69) is 0 Å². The van der Waals surface area contributed by atoms with Gasteiger partial charge in [0.25, 0.3) is 5.91 Å². The summed E-state index contributed by atoms with van der Waals surface area (Å²) >= 11 is 0. The highest BCUT2D eigenvalue weighted by molar-refractivity contribution is 5.79. The van der Waals surface area contributed by atoms with E-state index in [1.54, 1.807) is 36.3 Å². The molecule has 0 bridgehead atoms. The number of methoxy groups -OCH3 is 1. The topological polar surface area (TPSA) is 78.2 Å². The van der Waals surface area contributed by atoms with Crippen molar-refractivity contribution in [3.63, 3.8) is 0 Å². The van der Waals surface area contributed by atoms with E-state index in [1.807, 2.05) is 32.0 Å². The first kappa shape index (κ1) is 23.2. The minimum Gasteiger partial charge on any atom is -0.493 e. The number of ether oxygens (including phenoxy) is 3. The van der Waals surface area contributed by atoms with Crippen molar-refractivity contribution in [2.45, 2.75) is 33.2 Å². The van der Waals surface area contributed by atoms with Crippen molar-refractivity contribution in [2.24, 2.45) is 0 Å². The van der Waals surface area contributed by atoms with E-state index in [0.717, 1.165) is 23.8 Å². The molecule has 0 radical (unpaired) electrons. The fourth-order valence-corrected chi connectivity index (χ4v) is 3.29. The summed E-state index contributed by atoms with van der Waals surface area (Å²) < 4.78 is 22.0. The van der Waals surface area contributed by atoms with E-state index in [1.165, 1.54) is 6.07 Å². The van der Waals surface area contributed by atoms with E-state index >= 15 is 0 Å². The van der Waals surface area contributed by atoms with Gasteiger partial charge in [0.05, 0.1) is 13.7 Å². The van der Waals surface area contributed by atoms with Gasteiger partial charge in [-0.25, -0.2) is 4.79 Å². The van der Waals surface area contributed by atoms with Gasteiger partial charge in [0, 0.05) is 30.6 Å². The molecular formula is C25H29NO6. The van der Waals surface area contributed by atoms with Crippen molar-refractivity contribution in [1.82, 2.24) is 4.90 Å². The maximum absolute atomic E-state index is 12.9. The molecule has 0 aliphatic rings. The highest BCUT2D eigenvalue weighted by Gasteiger charge is 2.16. The Hall–Kier alpha value is -3.48. The second-order valence-corrected chi connectivity index (χ2v) is 7.39. The van der Waals surface area contributed by atoms with Crippen LogP contribution in [0.4, 0.5) is 0 Å². The predicted molar refractivity (Wildman–Crippen MR) is 122 cm³/mol. The maximum Gasteiger partial charge on any atom is 0.336 e. The smallest absolute Gasteiger partial charge is 0.336 e. The summed E-state index contributed by atoms with van der Waals surface area (Å²) in [6.07, 6.45) is 1.73. The standard InChI is InChI=1S/C25H29NO6/c1-4-12-26(16-18-6-10-21(30-13-5-2)23(14-18)29-3)24(27)17-31-20-9-7-19-8-11-25(28)32-22(19)15-20/h6-11,14-15H,4-5,12-13,16-17H2,1-3H3. The van der Waals surface area contributed by atoms with Gasteiger partial charge in [0.1, 0.15) is 11.3 Å². The lowest BCUT2D eigenvalue weighted by molar-refractivity contribution is -0.134. The molecule has 32 heavy (non-hydrogen) atoms. The molecule has 0 aliphatic heterocycles. The van der Waals surface area contributed by atoms with Crippen LogP contribution in [0.3, 0.4) is 0 Å². The molecule has 1 amide bonds. The molecule has 0 aliphatic carbocycles. The molecular weight excluding hydrogens is 410 g/mol. The molecule has 0 saturated heterocycles. The Morgan fingerprint density at radius 2 is 1.78 bits per heavy atom. The Morgan fingerprint density at radius 3 is 2.53 bits per heavy atom. The van der Waals surface area contributed by atoms with Gasteiger partial charge in [0.15, 0.2) is 18.1 Å². The third-order valence-electron chi connectivity index (χ3n) is 4.87. The van der Waals surface area contributed by atoms with E-state index in [4.69, 9.17) is 18.6 Å². The van der Waals surface area contributed by atoms with Gasteiger partial charge in [-0.2, -0.15) is 0 Å². The van der Waals surface area contributed by atoms with Crippen LogP contribution in [0.5, 0.6) is 17.2 Å². The van der Waals surface area contributed by atoms with Crippen LogP contribution in [-0.2, 0) is 11.3 Å². The molecule has 2 aromatic carbocycles. The molecule has 3 aromatic rings. The molecule has 170 valence electrons. The third-order valence-corrected chi connectivity index (χ3v) is 4.87. The van der Waals surface area contributed by atoms with Crippen molar-refractivity contribution in [3.8, 4) is 17.2 Å². The van der Waals surface area contributed by atoms with Gasteiger partial charge < -0.3 is 23.5 Å². The van der Waals surface area contributed by atoms with Crippen molar-refractivity contribution >= 4 is 16.9 Å². The molecule has 0 atom stereocenters. The quantitative estimate of drug-likeness (QED) is 0.412. The first-order chi connectivity index (χ1) is 15.5. The first-order valence-corrected chi connectivity index (χ1v) is 10.8. The summed E-state index contributed by atoms with van der Waals surface area (Å²) in [6, 6.07) is 13.9. The van der Waals surface area contributed by atoms with Gasteiger partial charge in [-0.3, -0.25) is 4.79 Å². The number of nitrogens with zero attached hydrogens (tertiary/aromatic N) is 1. The summed E-state index contributed by atoms with van der Waals surface area (Å²) in [5.41, 5.74) is 0.937. The van der Waals surface area contributed by atoms with Crippen LogP contribution in [0.15, 0.2) is 57.7 Å². The minimum atomic E-state index is -0.429. The SMILES string of the molecule is CCCOc1ccc(CN(CCC)C(=O)COc2ccc3ccc(=O)oc3c2)cc1OC. The number of fused-ring (bicyclic) bond motifs is 1. The molecule has 1 aromatic heterocycles. The molecule has 3 rings (SSSR count). The predicted octanol–water partition coefficient (Wildman–Crippen LogP) is 4.41. The van der Waals surface area contributed by atoms with Crippen LogP contribution in [0, 0.1) is 0 Å². The number of amides is 1. The van der Waals surface area contributed by atoms with Gasteiger partial charge in [-0.15, -0.1) is 0 Å². The second-order valence-electron chi connectivity index (χ2n) is 7.39. The Kier molecular flexibility index (Phi) is 8.14. The van der Waals surface area contributed by atoms with E-state index in [0.29, 0.717) is 42.5 Å². The summed E-state index contributed by atoms with van der Waals surface area (Å²) in [6.45, 7) is 5.61. The van der Waals surface area contributed by atoms with Crippen molar-refractivity contribution in [2.75, 3.05) is 26.9 Å². The normalized spacial score (nSPS) is 10.7. The summed E-state index contributed by atoms with van der Waals surface area (Å²) in [5, 5.41) is 0.788. The number of hydrogen-bond donors (Lipinski definition) is 0. The van der Waals surface area contributed by atoms with Gasteiger partial charge in [0.2, 0.25) is 0 Å². The molecule has 0 saturated carbocycles. The zero-order valence-electron chi connectivity index (χ0n) is 18.8. The highest BCUT2D eigenvalue weighted by Crippen LogP contribution is 2.29. The summed E-state index contributed by atoms with van der Waals surface area (Å²) in [4.78, 5) is 26.0. The fourth-order valence-electron chi connectivity index (χ4n) is 3.29. The van der Waals surface area contributed by atoms with Crippen LogP contribution in [0.1, 0.15) is 32.3 Å². The number of carbonyl (C=O) groups is 1. The van der Waals surface area contributed by atoms with Gasteiger partial charge in [-0.1, -0.05) is 19.9 Å². The van der Waals surface area contributed by atoms with Gasteiger partial charge >= 0.3 is 5.63 Å². The molecule has 0 unspecified atom stereocenters. The molecule has 0 N–H and O–H groups in total. The first-order valence-electron chi connectivity index (χ1n) is 10.8. The lowest BCUT2D eigenvalue weighted by atomic mass is 10.1. The van der Waals surface area contributed by atoms with Crippen LogP contribution in [0.25, 0.3) is 11.0 Å². The molecule has 0 fully saturated rings. The Bertz CT molecular complexity index is 1110. The monoisotopic (exact) mass is 439 g/mol. The summed E-state index contributed by atoms with van der Waals surface area (Å²) in [5.74, 6) is 1.67. The second kappa shape index (κ2) is 11.2. The average Bonchev–Trinajstić information content (AvgIpc) is 2.80. The molecule has 7 heteroatoms. The maximum atomic E-state index is 12.9. The molecule has 0 spiro atoms. The molecule has 1 heterocycles. The van der Waals surface area contributed by atoms with E-state index in [9.17, 15) is 9.59 Å². The van der Waals surface area contributed by atoms with Crippen molar-refractivity contribution in [1.29, 1.82) is 0 Å². The largest absolute Gasteiger partial charge is 0.493 e. The fraction of sp³-hybridized carbons (Fsp3) is 0.360.